The van der Waals surface area contributed by atoms with Crippen LogP contribution in [0.2, 0.25) is 5.02 Å². The lowest BCUT2D eigenvalue weighted by atomic mass is 10.2. The summed E-state index contributed by atoms with van der Waals surface area (Å²) in [6.07, 6.45) is 4.47. The van der Waals surface area contributed by atoms with Gasteiger partial charge in [-0.2, -0.15) is 0 Å². The molecule has 2 aromatic carbocycles. The maximum atomic E-state index is 11.9. The molecule has 3 aromatic rings. The molecule has 1 aromatic heterocycles. The molecule has 0 fully saturated rings. The van der Waals surface area contributed by atoms with Crippen LogP contribution < -0.4 is 5.63 Å². The second-order valence-electron chi connectivity index (χ2n) is 4.81. The Morgan fingerprint density at radius 2 is 1.96 bits per heavy atom. The number of hydrogen-bond donors (Lipinski definition) is 1. The van der Waals surface area contributed by atoms with E-state index in [4.69, 9.17) is 16.0 Å². The molecule has 0 aliphatic carbocycles. The lowest BCUT2D eigenvalue weighted by molar-refractivity contribution is 0.437. The average Bonchev–Trinajstić information content (AvgIpc) is 2.55. The fourth-order valence-corrected chi connectivity index (χ4v) is 2.18. The number of halogens is 1. The Hall–Kier alpha value is -2.85. The molecule has 0 bridgehead atoms. The van der Waals surface area contributed by atoms with Gasteiger partial charge < -0.3 is 9.52 Å². The minimum absolute atomic E-state index is 0.00924. The third kappa shape index (κ3) is 3.67. The van der Waals surface area contributed by atoms with Gasteiger partial charge in [-0.1, -0.05) is 48.0 Å². The number of nitrogens with zero attached hydrogens (tertiary/aromatic N) is 1. The highest BCUT2D eigenvalue weighted by molar-refractivity contribution is 6.31. The van der Waals surface area contributed by atoms with Crippen molar-refractivity contribution in [3.05, 3.63) is 87.1 Å². The van der Waals surface area contributed by atoms with Crippen molar-refractivity contribution in [1.29, 1.82) is 0 Å². The SMILES string of the molecule is O=c1oc2ccc(Cl)cc2nc1C=C(O)C=Cc1ccccc1. The maximum Gasteiger partial charge on any atom is 0.362 e. The molecule has 0 saturated heterocycles. The zero-order valence-corrected chi connectivity index (χ0v) is 12.7. The number of aromatic nitrogens is 1. The van der Waals surface area contributed by atoms with E-state index in [2.05, 4.69) is 4.98 Å². The van der Waals surface area contributed by atoms with Crippen molar-refractivity contribution in [2.45, 2.75) is 0 Å². The first-order valence-corrected chi connectivity index (χ1v) is 7.24. The van der Waals surface area contributed by atoms with Crippen molar-refractivity contribution >= 4 is 34.9 Å². The second-order valence-corrected chi connectivity index (χ2v) is 5.25. The van der Waals surface area contributed by atoms with Gasteiger partial charge in [0.05, 0.1) is 0 Å². The Morgan fingerprint density at radius 3 is 2.74 bits per heavy atom. The van der Waals surface area contributed by atoms with E-state index in [1.807, 2.05) is 30.3 Å². The Bertz CT molecular complexity index is 959. The first kappa shape index (κ1) is 15.1. The van der Waals surface area contributed by atoms with E-state index in [9.17, 15) is 9.90 Å². The van der Waals surface area contributed by atoms with Gasteiger partial charge in [-0.05, 0) is 29.8 Å². The minimum atomic E-state index is -0.625. The molecular formula is C18H12ClNO3. The van der Waals surface area contributed by atoms with Crippen molar-refractivity contribution < 1.29 is 9.52 Å². The summed E-state index contributed by atoms with van der Waals surface area (Å²) in [4.78, 5) is 16.1. The van der Waals surface area contributed by atoms with Crippen LogP contribution in [0.25, 0.3) is 23.3 Å². The van der Waals surface area contributed by atoms with Gasteiger partial charge in [-0.25, -0.2) is 9.78 Å². The Balaban J connectivity index is 1.94. The van der Waals surface area contributed by atoms with Crippen molar-refractivity contribution in [2.75, 3.05) is 0 Å². The monoisotopic (exact) mass is 325 g/mol. The third-order valence-corrected chi connectivity index (χ3v) is 3.34. The topological polar surface area (TPSA) is 63.3 Å². The molecule has 0 aliphatic rings. The standard InChI is InChI=1S/C18H12ClNO3/c19-13-7-9-17-15(10-13)20-16(18(22)23-17)11-14(21)8-6-12-4-2-1-3-5-12/h1-11,21H. The fraction of sp³-hybridized carbons (Fsp3) is 0. The van der Waals surface area contributed by atoms with E-state index < -0.39 is 5.63 Å². The number of allylic oxidation sites excluding steroid dienone is 1. The molecule has 4 nitrogen and oxygen atoms in total. The lowest BCUT2D eigenvalue weighted by Crippen LogP contribution is -2.06. The summed E-state index contributed by atoms with van der Waals surface area (Å²) in [5.41, 5.74) is 1.10. The van der Waals surface area contributed by atoms with Crippen LogP contribution in [0.4, 0.5) is 0 Å². The summed E-state index contributed by atoms with van der Waals surface area (Å²) in [5, 5.41) is 10.4. The van der Waals surface area contributed by atoms with Gasteiger partial charge in [0.25, 0.3) is 0 Å². The van der Waals surface area contributed by atoms with E-state index >= 15 is 0 Å². The third-order valence-electron chi connectivity index (χ3n) is 3.10. The average molecular weight is 326 g/mol. The van der Waals surface area contributed by atoms with E-state index in [1.165, 1.54) is 12.2 Å². The van der Waals surface area contributed by atoms with E-state index in [-0.39, 0.29) is 11.5 Å². The van der Waals surface area contributed by atoms with Crippen molar-refractivity contribution in [3.8, 4) is 0 Å². The Morgan fingerprint density at radius 1 is 1.17 bits per heavy atom. The minimum Gasteiger partial charge on any atom is -0.508 e. The molecule has 0 spiro atoms. The quantitative estimate of drug-likeness (QED) is 0.570. The number of benzene rings is 2. The molecule has 1 heterocycles. The summed E-state index contributed by atoms with van der Waals surface area (Å²) in [7, 11) is 0. The lowest BCUT2D eigenvalue weighted by Gasteiger charge is -1.99. The molecule has 0 amide bonds. The van der Waals surface area contributed by atoms with Crippen molar-refractivity contribution in [3.63, 3.8) is 0 Å². The molecule has 0 radical (unpaired) electrons. The summed E-state index contributed by atoms with van der Waals surface area (Å²) in [6, 6.07) is 14.3. The van der Waals surface area contributed by atoms with Crippen LogP contribution in [-0.4, -0.2) is 10.1 Å². The molecule has 5 heteroatoms. The van der Waals surface area contributed by atoms with Gasteiger partial charge in [0.1, 0.15) is 11.3 Å². The molecule has 3 rings (SSSR count). The van der Waals surface area contributed by atoms with Crippen LogP contribution in [0.3, 0.4) is 0 Å². The highest BCUT2D eigenvalue weighted by atomic mass is 35.5. The summed E-state index contributed by atoms with van der Waals surface area (Å²) in [5.74, 6) is -0.102. The largest absolute Gasteiger partial charge is 0.508 e. The number of aliphatic hydroxyl groups excluding tert-OH is 1. The Labute approximate surface area is 137 Å². The normalized spacial score (nSPS) is 12.1. The highest BCUT2D eigenvalue weighted by Crippen LogP contribution is 2.17. The van der Waals surface area contributed by atoms with E-state index in [0.29, 0.717) is 16.1 Å². The van der Waals surface area contributed by atoms with Crippen molar-refractivity contribution in [2.24, 2.45) is 0 Å². The first-order valence-electron chi connectivity index (χ1n) is 6.86. The predicted molar refractivity (Wildman–Crippen MR) is 91.4 cm³/mol. The number of fused-ring (bicyclic) bond motifs is 1. The predicted octanol–water partition coefficient (Wildman–Crippen LogP) is 4.45. The molecule has 1 N–H and O–H groups in total. The van der Waals surface area contributed by atoms with E-state index in [1.54, 1.807) is 24.3 Å². The van der Waals surface area contributed by atoms with Crippen LogP contribution >= 0.6 is 11.6 Å². The van der Waals surface area contributed by atoms with Crippen LogP contribution in [0.5, 0.6) is 0 Å². The van der Waals surface area contributed by atoms with Crippen molar-refractivity contribution in [1.82, 2.24) is 4.98 Å². The van der Waals surface area contributed by atoms with Gasteiger partial charge in [-0.15, -0.1) is 0 Å². The highest BCUT2D eigenvalue weighted by Gasteiger charge is 2.06. The summed E-state index contributed by atoms with van der Waals surface area (Å²) >= 11 is 5.90. The zero-order chi connectivity index (χ0) is 16.2. The van der Waals surface area contributed by atoms with Gasteiger partial charge >= 0.3 is 5.63 Å². The van der Waals surface area contributed by atoms with Crippen LogP contribution in [-0.2, 0) is 0 Å². The maximum absolute atomic E-state index is 11.9. The second kappa shape index (κ2) is 6.50. The van der Waals surface area contributed by atoms with Gasteiger partial charge in [0.15, 0.2) is 11.3 Å². The van der Waals surface area contributed by atoms with E-state index in [0.717, 1.165) is 5.56 Å². The van der Waals surface area contributed by atoms with Gasteiger partial charge in [-0.3, -0.25) is 0 Å². The Kier molecular flexibility index (Phi) is 4.26. The molecule has 23 heavy (non-hydrogen) atoms. The zero-order valence-electron chi connectivity index (χ0n) is 11.9. The van der Waals surface area contributed by atoms with Gasteiger partial charge in [0, 0.05) is 11.1 Å². The van der Waals surface area contributed by atoms with Crippen LogP contribution in [0, 0.1) is 0 Å². The van der Waals surface area contributed by atoms with Crippen LogP contribution in [0.15, 0.2) is 69.6 Å². The van der Waals surface area contributed by atoms with Crippen LogP contribution in [0.1, 0.15) is 11.3 Å². The molecule has 0 aliphatic heterocycles. The molecule has 0 saturated carbocycles. The summed E-state index contributed by atoms with van der Waals surface area (Å²) < 4.78 is 5.15. The fourth-order valence-electron chi connectivity index (χ4n) is 2.02. The molecule has 0 unspecified atom stereocenters. The molecule has 0 atom stereocenters. The first-order chi connectivity index (χ1) is 11.1. The number of aliphatic hydroxyl groups is 1. The van der Waals surface area contributed by atoms with Gasteiger partial charge in [0.2, 0.25) is 0 Å². The summed E-state index contributed by atoms with van der Waals surface area (Å²) in [6.45, 7) is 0. The molecule has 114 valence electrons. The molecular weight excluding hydrogens is 314 g/mol. The number of rotatable bonds is 3. The smallest absolute Gasteiger partial charge is 0.362 e. The number of hydrogen-bond acceptors (Lipinski definition) is 4.